The monoisotopic (exact) mass is 149 g/mol. The average molecular weight is 149 g/mol. The van der Waals surface area contributed by atoms with Crippen LogP contribution in [0.2, 0.25) is 0 Å². The maximum atomic E-state index is 11.1. The van der Waals surface area contributed by atoms with Crippen LogP contribution >= 0.6 is 0 Å². The van der Waals surface area contributed by atoms with E-state index in [1.165, 1.54) is 6.08 Å². The first-order chi connectivity index (χ1) is 5.27. The van der Waals surface area contributed by atoms with Gasteiger partial charge in [0, 0.05) is 6.21 Å². The van der Waals surface area contributed by atoms with Gasteiger partial charge in [-0.15, -0.1) is 0 Å². The molecule has 0 radical (unpaired) electrons. The van der Waals surface area contributed by atoms with Crippen molar-refractivity contribution in [1.29, 1.82) is 0 Å². The van der Waals surface area contributed by atoms with Crippen LogP contribution in [-0.4, -0.2) is 24.3 Å². The minimum Gasteiger partial charge on any atom is -0.298 e. The predicted octanol–water partition coefficient (Wildman–Crippen LogP) is 0.155. The topological polar surface area (TPSA) is 46.5 Å². The second kappa shape index (κ2) is 2.12. The molecule has 0 fully saturated rings. The number of rotatable bonds is 0. The summed E-state index contributed by atoms with van der Waals surface area (Å²) in [5.74, 6) is -0.174. The summed E-state index contributed by atoms with van der Waals surface area (Å²) in [4.78, 5) is 25.9. The molecule has 0 N–H and O–H groups in total. The number of fused-ring (bicyclic) bond motifs is 1. The normalized spacial score (nSPS) is 28.7. The van der Waals surface area contributed by atoms with Gasteiger partial charge in [0.05, 0.1) is 18.9 Å². The maximum Gasteiger partial charge on any atom is 0.163 e. The van der Waals surface area contributed by atoms with Crippen LogP contribution in [0, 0.1) is 5.92 Å². The second-order valence-electron chi connectivity index (χ2n) is 2.80. The van der Waals surface area contributed by atoms with Gasteiger partial charge in [-0.05, 0) is 11.6 Å². The van der Waals surface area contributed by atoms with Crippen molar-refractivity contribution in [2.45, 2.75) is 6.42 Å². The highest BCUT2D eigenvalue weighted by Crippen LogP contribution is 2.22. The van der Waals surface area contributed by atoms with Crippen LogP contribution in [0.5, 0.6) is 0 Å². The Morgan fingerprint density at radius 3 is 3.09 bits per heavy atom. The molecule has 0 saturated carbocycles. The van der Waals surface area contributed by atoms with Crippen molar-refractivity contribution in [3.05, 3.63) is 11.6 Å². The molecule has 0 aromatic rings. The van der Waals surface area contributed by atoms with Gasteiger partial charge in [-0.25, -0.2) is 0 Å². The van der Waals surface area contributed by atoms with E-state index in [0.717, 1.165) is 5.57 Å². The summed E-state index contributed by atoms with van der Waals surface area (Å²) in [6.07, 6.45) is 3.22. The van der Waals surface area contributed by atoms with E-state index < -0.39 is 0 Å². The number of carbonyl (C=O) groups is 2. The molecule has 11 heavy (non-hydrogen) atoms. The Bertz CT molecular complexity index is 288. The highest BCUT2D eigenvalue weighted by atomic mass is 16.1. The molecule has 0 bridgehead atoms. The third-order valence-corrected chi connectivity index (χ3v) is 2.00. The largest absolute Gasteiger partial charge is 0.298 e. The zero-order valence-electron chi connectivity index (χ0n) is 5.91. The molecule has 0 aromatic heterocycles. The van der Waals surface area contributed by atoms with Gasteiger partial charge in [-0.2, -0.15) is 0 Å². The van der Waals surface area contributed by atoms with E-state index >= 15 is 0 Å². The number of allylic oxidation sites excluding steroid dienone is 1. The molecule has 0 aromatic carbocycles. The molecule has 1 heterocycles. The Hall–Kier alpha value is -1.25. The first-order valence-corrected chi connectivity index (χ1v) is 3.54. The van der Waals surface area contributed by atoms with Crippen molar-refractivity contribution in [2.75, 3.05) is 6.54 Å². The Morgan fingerprint density at radius 1 is 1.45 bits per heavy atom. The SMILES string of the molecule is O=C1C=C2C=NCC2C(=O)C1. The van der Waals surface area contributed by atoms with Gasteiger partial charge in [0.2, 0.25) is 0 Å². The summed E-state index contributed by atoms with van der Waals surface area (Å²) in [5.41, 5.74) is 0.797. The van der Waals surface area contributed by atoms with Gasteiger partial charge in [-0.1, -0.05) is 0 Å². The minimum absolute atomic E-state index is 0.0185. The van der Waals surface area contributed by atoms with Crippen molar-refractivity contribution in [1.82, 2.24) is 0 Å². The van der Waals surface area contributed by atoms with Crippen molar-refractivity contribution in [2.24, 2.45) is 10.9 Å². The third kappa shape index (κ3) is 0.926. The number of nitrogens with zero attached hydrogens (tertiary/aromatic N) is 1. The Morgan fingerprint density at radius 2 is 2.27 bits per heavy atom. The number of carbonyl (C=O) groups excluding carboxylic acids is 2. The second-order valence-corrected chi connectivity index (χ2v) is 2.80. The minimum atomic E-state index is -0.104. The first-order valence-electron chi connectivity index (χ1n) is 3.54. The predicted molar refractivity (Wildman–Crippen MR) is 39.6 cm³/mol. The van der Waals surface area contributed by atoms with Gasteiger partial charge in [0.25, 0.3) is 0 Å². The molecular formula is C8H7NO2. The fourth-order valence-corrected chi connectivity index (χ4v) is 1.42. The smallest absolute Gasteiger partial charge is 0.163 e. The van der Waals surface area contributed by atoms with Crippen LogP contribution in [-0.2, 0) is 9.59 Å². The van der Waals surface area contributed by atoms with E-state index in [4.69, 9.17) is 0 Å². The van der Waals surface area contributed by atoms with Gasteiger partial charge in [0.15, 0.2) is 5.78 Å². The lowest BCUT2D eigenvalue weighted by Gasteiger charge is -2.12. The van der Waals surface area contributed by atoms with Crippen molar-refractivity contribution < 1.29 is 9.59 Å². The van der Waals surface area contributed by atoms with Crippen LogP contribution in [0.1, 0.15) is 6.42 Å². The van der Waals surface area contributed by atoms with Gasteiger partial charge >= 0.3 is 0 Å². The van der Waals surface area contributed by atoms with Crippen molar-refractivity contribution in [3.63, 3.8) is 0 Å². The molecule has 2 rings (SSSR count). The molecule has 3 nitrogen and oxygen atoms in total. The fraction of sp³-hybridized carbons (Fsp3) is 0.375. The van der Waals surface area contributed by atoms with Crippen LogP contribution < -0.4 is 0 Å². The van der Waals surface area contributed by atoms with E-state index in [2.05, 4.69) is 4.99 Å². The Kier molecular flexibility index (Phi) is 1.24. The molecule has 1 atom stereocenters. The molecule has 56 valence electrons. The number of ketones is 2. The molecule has 0 saturated heterocycles. The maximum absolute atomic E-state index is 11.1. The van der Waals surface area contributed by atoms with E-state index in [1.54, 1.807) is 6.21 Å². The zero-order valence-corrected chi connectivity index (χ0v) is 5.91. The fourth-order valence-electron chi connectivity index (χ4n) is 1.42. The van der Waals surface area contributed by atoms with E-state index in [1.807, 2.05) is 0 Å². The Labute approximate surface area is 63.8 Å². The summed E-state index contributed by atoms with van der Waals surface area (Å²) in [5, 5.41) is 0. The standard InChI is InChI=1S/C8H7NO2/c10-6-1-5-3-9-4-7(5)8(11)2-6/h1,3,7H,2,4H2. The molecule has 2 aliphatic rings. The van der Waals surface area contributed by atoms with Gasteiger partial charge < -0.3 is 0 Å². The van der Waals surface area contributed by atoms with Crippen molar-refractivity contribution >= 4 is 17.8 Å². The number of hydrogen-bond acceptors (Lipinski definition) is 3. The van der Waals surface area contributed by atoms with Crippen LogP contribution in [0.3, 0.4) is 0 Å². The molecule has 0 spiro atoms. The quantitative estimate of drug-likeness (QED) is 0.460. The number of Topliss-reactive ketones (excluding diaryl/α,β-unsaturated/α-hetero) is 1. The Balaban J connectivity index is 2.40. The van der Waals surface area contributed by atoms with Gasteiger partial charge in [0.1, 0.15) is 5.78 Å². The zero-order chi connectivity index (χ0) is 7.84. The van der Waals surface area contributed by atoms with Gasteiger partial charge in [-0.3, -0.25) is 14.6 Å². The summed E-state index contributed by atoms with van der Waals surface area (Å²) in [6.45, 7) is 0.540. The van der Waals surface area contributed by atoms with Crippen LogP contribution in [0.4, 0.5) is 0 Å². The average Bonchev–Trinajstić information content (AvgIpc) is 2.34. The molecule has 1 aliphatic heterocycles. The molecule has 1 unspecified atom stereocenters. The summed E-state index contributed by atoms with van der Waals surface area (Å²) >= 11 is 0. The molecular weight excluding hydrogens is 142 g/mol. The number of hydrogen-bond donors (Lipinski definition) is 0. The summed E-state index contributed by atoms with van der Waals surface area (Å²) in [7, 11) is 0. The molecule has 0 amide bonds. The lowest BCUT2D eigenvalue weighted by atomic mass is 9.88. The number of aliphatic imine (C=N–C) groups is 1. The first kappa shape index (κ1) is 6.46. The van der Waals surface area contributed by atoms with Crippen LogP contribution in [0.25, 0.3) is 0 Å². The van der Waals surface area contributed by atoms with E-state index in [-0.39, 0.29) is 23.9 Å². The lowest BCUT2D eigenvalue weighted by molar-refractivity contribution is -0.127. The lowest BCUT2D eigenvalue weighted by Crippen LogP contribution is -2.24. The highest BCUT2D eigenvalue weighted by molar-refractivity contribution is 6.14. The highest BCUT2D eigenvalue weighted by Gasteiger charge is 2.30. The summed E-state index contributed by atoms with van der Waals surface area (Å²) in [6, 6.07) is 0. The van der Waals surface area contributed by atoms with Crippen LogP contribution in [0.15, 0.2) is 16.6 Å². The van der Waals surface area contributed by atoms with Crippen molar-refractivity contribution in [3.8, 4) is 0 Å². The third-order valence-electron chi connectivity index (χ3n) is 2.00. The van der Waals surface area contributed by atoms with E-state index in [9.17, 15) is 9.59 Å². The molecule has 3 heteroatoms. The summed E-state index contributed by atoms with van der Waals surface area (Å²) < 4.78 is 0. The van der Waals surface area contributed by atoms with E-state index in [0.29, 0.717) is 6.54 Å². The molecule has 1 aliphatic carbocycles.